The van der Waals surface area contributed by atoms with Crippen LogP contribution < -0.4 is 4.90 Å². The fourth-order valence-corrected chi connectivity index (χ4v) is 4.72. The van der Waals surface area contributed by atoms with Gasteiger partial charge in [0.25, 0.3) is 0 Å². The largest absolute Gasteiger partial charge is 0.506 e. The minimum atomic E-state index is -1.16. The first kappa shape index (κ1) is 19.8. The Bertz CT molecular complexity index is 791. The quantitative estimate of drug-likeness (QED) is 0.734. The number of benzene rings is 2. The van der Waals surface area contributed by atoms with Crippen molar-refractivity contribution in [3.8, 4) is 0 Å². The van der Waals surface area contributed by atoms with Crippen LogP contribution >= 0.6 is 0 Å². The smallest absolute Gasteiger partial charge is 0.450 e. The van der Waals surface area contributed by atoms with Gasteiger partial charge < -0.3 is 14.7 Å². The number of piperidine rings is 1. The lowest BCUT2D eigenvalue weighted by molar-refractivity contribution is 0.0135. The molecule has 0 radical (unpaired) electrons. The Morgan fingerprint density at radius 2 is 1.62 bits per heavy atom. The Morgan fingerprint density at radius 3 is 2.28 bits per heavy atom. The first-order chi connectivity index (χ1) is 14.2. The van der Waals surface area contributed by atoms with E-state index in [0.717, 1.165) is 51.7 Å². The third-order valence-electron chi connectivity index (χ3n) is 6.04. The average molecular weight is 395 g/mol. The van der Waals surface area contributed by atoms with Crippen LogP contribution in [0.15, 0.2) is 48.5 Å². The van der Waals surface area contributed by atoms with E-state index in [1.54, 1.807) is 0 Å². The highest BCUT2D eigenvalue weighted by Gasteiger charge is 2.23. The molecular weight excluding hydrogens is 364 g/mol. The van der Waals surface area contributed by atoms with Crippen LogP contribution in [0.5, 0.6) is 0 Å². The van der Waals surface area contributed by atoms with Gasteiger partial charge in [-0.3, -0.25) is 4.90 Å². The number of nitrogens with zero attached hydrogens (tertiary/aromatic N) is 2. The molecule has 2 aromatic carbocycles. The van der Waals surface area contributed by atoms with Gasteiger partial charge in [0, 0.05) is 24.5 Å². The van der Waals surface area contributed by atoms with Crippen LogP contribution in [0.2, 0.25) is 0 Å². The molecule has 1 saturated heterocycles. The van der Waals surface area contributed by atoms with Gasteiger partial charge in [0.1, 0.15) is 6.10 Å². The molecule has 0 aromatic heterocycles. The van der Waals surface area contributed by atoms with Gasteiger partial charge in [-0.1, -0.05) is 36.4 Å². The van der Waals surface area contributed by atoms with E-state index in [9.17, 15) is 4.79 Å². The molecule has 1 fully saturated rings. The number of ether oxygens (including phenoxy) is 1. The molecule has 1 N–H and O–H groups in total. The van der Waals surface area contributed by atoms with Gasteiger partial charge in [-0.2, -0.15) is 0 Å². The molecule has 0 amide bonds. The first-order valence-corrected chi connectivity index (χ1v) is 10.8. The fraction of sp³-hybridized carbons (Fsp3) is 0.458. The number of hydrogen-bond donors (Lipinski definition) is 1. The zero-order valence-corrected chi connectivity index (χ0v) is 16.9. The van der Waals surface area contributed by atoms with Crippen molar-refractivity contribution in [2.75, 3.05) is 31.1 Å². The van der Waals surface area contributed by atoms with Crippen LogP contribution in [-0.2, 0) is 17.6 Å². The van der Waals surface area contributed by atoms with Crippen molar-refractivity contribution >= 4 is 17.5 Å². The molecular formula is C24H30N2O3. The lowest BCUT2D eigenvalue weighted by atomic mass is 9.97. The number of fused-ring (bicyclic) bond motifs is 2. The maximum absolute atomic E-state index is 10.8. The second-order valence-corrected chi connectivity index (χ2v) is 8.06. The van der Waals surface area contributed by atoms with Crippen molar-refractivity contribution in [1.29, 1.82) is 0 Å². The Kier molecular flexibility index (Phi) is 6.35. The Balaban J connectivity index is 1.46. The molecule has 2 aromatic rings. The van der Waals surface area contributed by atoms with E-state index in [4.69, 9.17) is 9.84 Å². The van der Waals surface area contributed by atoms with Crippen LogP contribution in [0.25, 0.3) is 0 Å². The molecule has 2 aliphatic rings. The number of carbonyl (C=O) groups is 1. The first-order valence-electron chi connectivity index (χ1n) is 10.8. The number of hydrogen-bond acceptors (Lipinski definition) is 4. The second kappa shape index (κ2) is 9.31. The Morgan fingerprint density at radius 1 is 0.966 bits per heavy atom. The van der Waals surface area contributed by atoms with Gasteiger partial charge in [-0.25, -0.2) is 4.79 Å². The topological polar surface area (TPSA) is 53.0 Å². The normalized spacial score (nSPS) is 19.6. The lowest BCUT2D eigenvalue weighted by Gasteiger charge is -2.34. The molecule has 4 rings (SSSR count). The highest BCUT2D eigenvalue weighted by Crippen LogP contribution is 2.35. The van der Waals surface area contributed by atoms with Crippen molar-refractivity contribution < 1.29 is 14.6 Å². The van der Waals surface area contributed by atoms with Crippen LogP contribution in [0.3, 0.4) is 0 Å². The monoisotopic (exact) mass is 394 g/mol. The Labute approximate surface area is 172 Å². The maximum Gasteiger partial charge on any atom is 0.506 e. The minimum absolute atomic E-state index is 0.190. The summed E-state index contributed by atoms with van der Waals surface area (Å²) in [5, 5.41) is 8.89. The van der Waals surface area contributed by atoms with E-state index in [2.05, 4.69) is 58.3 Å². The number of anilines is 2. The summed E-state index contributed by atoms with van der Waals surface area (Å²) >= 11 is 0. The lowest BCUT2D eigenvalue weighted by Crippen LogP contribution is -2.41. The van der Waals surface area contributed by atoms with Crippen molar-refractivity contribution in [3.63, 3.8) is 0 Å². The molecule has 0 unspecified atom stereocenters. The summed E-state index contributed by atoms with van der Waals surface area (Å²) in [4.78, 5) is 15.7. The molecule has 5 heteroatoms. The number of rotatable bonds is 5. The molecule has 5 nitrogen and oxygen atoms in total. The van der Waals surface area contributed by atoms with E-state index in [0.29, 0.717) is 6.54 Å². The average Bonchev–Trinajstić information content (AvgIpc) is 2.71. The molecule has 154 valence electrons. The van der Waals surface area contributed by atoms with E-state index in [1.807, 2.05) is 0 Å². The van der Waals surface area contributed by atoms with E-state index in [1.165, 1.54) is 28.9 Å². The summed E-state index contributed by atoms with van der Waals surface area (Å²) in [5.41, 5.74) is 5.50. The number of carboxylic acid groups (broad SMARTS) is 1. The predicted octanol–water partition coefficient (Wildman–Crippen LogP) is 4.86. The van der Waals surface area contributed by atoms with Crippen LogP contribution in [-0.4, -0.2) is 48.4 Å². The maximum atomic E-state index is 10.8. The van der Waals surface area contributed by atoms with Gasteiger partial charge in [0.15, 0.2) is 0 Å². The minimum Gasteiger partial charge on any atom is -0.450 e. The van der Waals surface area contributed by atoms with Crippen molar-refractivity contribution in [2.24, 2.45) is 0 Å². The summed E-state index contributed by atoms with van der Waals surface area (Å²) in [6.45, 7) is 3.64. The molecule has 2 heterocycles. The molecule has 2 aliphatic heterocycles. The van der Waals surface area contributed by atoms with E-state index >= 15 is 0 Å². The Hall–Kier alpha value is -2.53. The molecule has 0 spiro atoms. The second-order valence-electron chi connectivity index (χ2n) is 8.06. The van der Waals surface area contributed by atoms with Crippen molar-refractivity contribution in [2.45, 2.75) is 44.6 Å². The predicted molar refractivity (Wildman–Crippen MR) is 115 cm³/mol. The highest BCUT2D eigenvalue weighted by molar-refractivity contribution is 5.70. The zero-order chi connectivity index (χ0) is 20.1. The zero-order valence-electron chi connectivity index (χ0n) is 16.9. The standard InChI is InChI=1S/C24H30N2O3/c27-24(28)29-21-12-6-15-25(18-21)16-7-17-26-22-13-3-1-8-19(22)10-5-11-20-9-2-4-14-23(20)26/h1-4,8-9,13-14,21H,5-7,10-12,15-18H2,(H,27,28)/t21-/m1/s1. The van der Waals surface area contributed by atoms with Crippen molar-refractivity contribution in [3.05, 3.63) is 59.7 Å². The third-order valence-corrected chi connectivity index (χ3v) is 6.04. The van der Waals surface area contributed by atoms with Gasteiger partial charge >= 0.3 is 6.16 Å². The summed E-state index contributed by atoms with van der Waals surface area (Å²) in [6, 6.07) is 17.6. The van der Waals surface area contributed by atoms with Crippen LogP contribution in [0.4, 0.5) is 16.2 Å². The van der Waals surface area contributed by atoms with E-state index in [-0.39, 0.29) is 6.10 Å². The molecule has 1 atom stereocenters. The molecule has 0 bridgehead atoms. The van der Waals surface area contributed by atoms with Crippen LogP contribution in [0, 0.1) is 0 Å². The van der Waals surface area contributed by atoms with Gasteiger partial charge in [0.2, 0.25) is 0 Å². The summed E-state index contributed by atoms with van der Waals surface area (Å²) in [5.74, 6) is 0. The molecule has 29 heavy (non-hydrogen) atoms. The molecule has 0 aliphatic carbocycles. The number of para-hydroxylation sites is 2. The summed E-state index contributed by atoms with van der Waals surface area (Å²) in [7, 11) is 0. The third kappa shape index (κ3) is 4.91. The number of aryl methyl sites for hydroxylation is 2. The van der Waals surface area contributed by atoms with Gasteiger partial charge in [0.05, 0.1) is 0 Å². The fourth-order valence-electron chi connectivity index (χ4n) is 4.72. The van der Waals surface area contributed by atoms with Gasteiger partial charge in [-0.05, 0) is 74.9 Å². The van der Waals surface area contributed by atoms with Gasteiger partial charge in [-0.15, -0.1) is 0 Å². The van der Waals surface area contributed by atoms with Crippen LogP contribution in [0.1, 0.15) is 36.8 Å². The highest BCUT2D eigenvalue weighted by atomic mass is 16.7. The number of likely N-dealkylation sites (tertiary alicyclic amines) is 1. The SMILES string of the molecule is O=C(O)O[C@@H]1CCCN(CCCN2c3ccccc3CCCc3ccccc32)C1. The summed E-state index contributed by atoms with van der Waals surface area (Å²) in [6.07, 6.45) is 4.91. The van der Waals surface area contributed by atoms with Crippen molar-refractivity contribution in [1.82, 2.24) is 4.90 Å². The van der Waals surface area contributed by atoms with E-state index < -0.39 is 6.16 Å². The summed E-state index contributed by atoms with van der Waals surface area (Å²) < 4.78 is 5.01. The molecule has 0 saturated carbocycles.